The standard InChI is InChI=1S/C4H7N3O3/c1-10-4(9)3(8)2-6-7-5/h3,8H,2H2,1H3. The Hall–Kier alpha value is -1.26. The molecule has 56 valence electrons. The summed E-state index contributed by atoms with van der Waals surface area (Å²) in [6, 6.07) is 0. The van der Waals surface area contributed by atoms with Crippen molar-refractivity contribution in [1.29, 1.82) is 0 Å². The zero-order chi connectivity index (χ0) is 7.98. The van der Waals surface area contributed by atoms with Gasteiger partial charge in [0.1, 0.15) is 0 Å². The molecule has 0 bridgehead atoms. The first-order chi connectivity index (χ1) is 4.72. The lowest BCUT2D eigenvalue weighted by Gasteiger charge is -2.02. The van der Waals surface area contributed by atoms with Crippen molar-refractivity contribution in [1.82, 2.24) is 0 Å². The van der Waals surface area contributed by atoms with Crippen LogP contribution >= 0.6 is 0 Å². The van der Waals surface area contributed by atoms with Crippen molar-refractivity contribution in [3.05, 3.63) is 10.4 Å². The van der Waals surface area contributed by atoms with Crippen LogP contribution in [0.5, 0.6) is 0 Å². The molecule has 0 saturated carbocycles. The minimum atomic E-state index is -1.35. The lowest BCUT2D eigenvalue weighted by Crippen LogP contribution is -2.24. The van der Waals surface area contributed by atoms with Crippen molar-refractivity contribution in [2.24, 2.45) is 5.11 Å². The number of nitrogens with zero attached hydrogens (tertiary/aromatic N) is 3. The van der Waals surface area contributed by atoms with Crippen LogP contribution in [0.15, 0.2) is 5.11 Å². The van der Waals surface area contributed by atoms with Gasteiger partial charge >= 0.3 is 5.97 Å². The van der Waals surface area contributed by atoms with Gasteiger partial charge in [0.2, 0.25) is 0 Å². The molecule has 0 aliphatic carbocycles. The van der Waals surface area contributed by atoms with E-state index >= 15 is 0 Å². The Balaban J connectivity index is 3.72. The van der Waals surface area contributed by atoms with Gasteiger partial charge in [0, 0.05) is 4.91 Å². The molecule has 0 aromatic carbocycles. The zero-order valence-electron chi connectivity index (χ0n) is 5.39. The van der Waals surface area contributed by atoms with Gasteiger partial charge in [-0.1, -0.05) is 5.11 Å². The third kappa shape index (κ3) is 2.91. The number of hydrogen-bond acceptors (Lipinski definition) is 4. The second-order valence-electron chi connectivity index (χ2n) is 1.45. The topological polar surface area (TPSA) is 95.3 Å². The molecule has 0 heterocycles. The van der Waals surface area contributed by atoms with Crippen LogP contribution in [0.25, 0.3) is 10.4 Å². The Bertz CT molecular complexity index is 163. The van der Waals surface area contributed by atoms with E-state index in [4.69, 9.17) is 10.6 Å². The molecule has 1 N–H and O–H groups in total. The summed E-state index contributed by atoms with van der Waals surface area (Å²) in [5.74, 6) is -0.799. The largest absolute Gasteiger partial charge is 0.467 e. The van der Waals surface area contributed by atoms with Gasteiger partial charge in [-0.05, 0) is 5.53 Å². The van der Waals surface area contributed by atoms with Crippen molar-refractivity contribution in [3.63, 3.8) is 0 Å². The van der Waals surface area contributed by atoms with E-state index in [-0.39, 0.29) is 6.54 Å². The van der Waals surface area contributed by atoms with Gasteiger partial charge < -0.3 is 9.84 Å². The maximum absolute atomic E-state index is 10.4. The lowest BCUT2D eigenvalue weighted by atomic mass is 10.4. The highest BCUT2D eigenvalue weighted by Crippen LogP contribution is 1.87. The molecule has 0 aliphatic rings. The minimum absolute atomic E-state index is 0.289. The number of methoxy groups -OCH3 is 1. The van der Waals surface area contributed by atoms with Crippen molar-refractivity contribution in [2.75, 3.05) is 13.7 Å². The fraction of sp³-hybridized carbons (Fsp3) is 0.750. The van der Waals surface area contributed by atoms with Crippen LogP contribution in [0.4, 0.5) is 0 Å². The first kappa shape index (κ1) is 8.74. The van der Waals surface area contributed by atoms with Gasteiger partial charge in [-0.15, -0.1) is 0 Å². The van der Waals surface area contributed by atoms with Crippen molar-refractivity contribution < 1.29 is 14.6 Å². The average Bonchev–Trinajstić information content (AvgIpc) is 1.98. The first-order valence-corrected chi connectivity index (χ1v) is 2.49. The predicted octanol–water partition coefficient (Wildman–Crippen LogP) is -0.169. The molecule has 1 unspecified atom stereocenters. The van der Waals surface area contributed by atoms with E-state index in [1.54, 1.807) is 0 Å². The number of ether oxygens (including phenoxy) is 1. The molecule has 6 nitrogen and oxygen atoms in total. The molecule has 0 amide bonds. The summed E-state index contributed by atoms with van der Waals surface area (Å²) in [4.78, 5) is 12.7. The van der Waals surface area contributed by atoms with Crippen LogP contribution in [0.1, 0.15) is 0 Å². The quantitative estimate of drug-likeness (QED) is 0.258. The third-order valence-electron chi connectivity index (χ3n) is 0.791. The normalized spacial score (nSPS) is 11.4. The monoisotopic (exact) mass is 145 g/mol. The Labute approximate surface area is 57.0 Å². The Kier molecular flexibility index (Phi) is 4.02. The Morgan fingerprint density at radius 1 is 2.00 bits per heavy atom. The molecule has 0 rings (SSSR count). The highest BCUT2D eigenvalue weighted by atomic mass is 16.5. The highest BCUT2D eigenvalue weighted by Gasteiger charge is 2.12. The van der Waals surface area contributed by atoms with Crippen molar-refractivity contribution in [2.45, 2.75) is 6.10 Å². The van der Waals surface area contributed by atoms with Crippen molar-refractivity contribution >= 4 is 5.97 Å². The molecule has 0 saturated heterocycles. The number of esters is 1. The van der Waals surface area contributed by atoms with Crippen LogP contribution in [-0.4, -0.2) is 30.8 Å². The van der Waals surface area contributed by atoms with Gasteiger partial charge in [-0.3, -0.25) is 0 Å². The van der Waals surface area contributed by atoms with E-state index in [1.807, 2.05) is 0 Å². The predicted molar refractivity (Wildman–Crippen MR) is 32.0 cm³/mol. The number of carbonyl (C=O) groups excluding carboxylic acids is 1. The van der Waals surface area contributed by atoms with E-state index in [9.17, 15) is 4.79 Å². The van der Waals surface area contributed by atoms with E-state index in [1.165, 1.54) is 0 Å². The molecule has 0 spiro atoms. The fourth-order valence-corrected chi connectivity index (χ4v) is 0.324. The van der Waals surface area contributed by atoms with Crippen LogP contribution in [0.2, 0.25) is 0 Å². The van der Waals surface area contributed by atoms with E-state index in [0.717, 1.165) is 7.11 Å². The summed E-state index contributed by atoms with van der Waals surface area (Å²) in [7, 11) is 1.14. The summed E-state index contributed by atoms with van der Waals surface area (Å²) in [6.45, 7) is -0.289. The average molecular weight is 145 g/mol. The number of aliphatic hydroxyl groups is 1. The lowest BCUT2D eigenvalue weighted by molar-refractivity contribution is -0.149. The number of aliphatic hydroxyl groups excluding tert-OH is 1. The van der Waals surface area contributed by atoms with Crippen LogP contribution in [0, 0.1) is 0 Å². The molecule has 0 aromatic rings. The number of rotatable bonds is 3. The van der Waals surface area contributed by atoms with Gasteiger partial charge in [0.05, 0.1) is 13.7 Å². The number of azide groups is 1. The number of hydrogen-bond donors (Lipinski definition) is 1. The van der Waals surface area contributed by atoms with Gasteiger partial charge in [-0.25, -0.2) is 4.79 Å². The molecular weight excluding hydrogens is 138 g/mol. The highest BCUT2D eigenvalue weighted by molar-refractivity contribution is 5.74. The van der Waals surface area contributed by atoms with E-state index < -0.39 is 12.1 Å². The summed E-state index contributed by atoms with van der Waals surface area (Å²) < 4.78 is 4.14. The Morgan fingerprint density at radius 2 is 2.60 bits per heavy atom. The molecule has 0 fully saturated rings. The van der Waals surface area contributed by atoms with Gasteiger partial charge in [-0.2, -0.15) is 0 Å². The second kappa shape index (κ2) is 4.60. The molecular formula is C4H7N3O3. The zero-order valence-corrected chi connectivity index (χ0v) is 5.39. The molecule has 0 radical (unpaired) electrons. The fourth-order valence-electron chi connectivity index (χ4n) is 0.324. The van der Waals surface area contributed by atoms with Crippen molar-refractivity contribution in [3.8, 4) is 0 Å². The molecule has 6 heteroatoms. The number of carbonyl (C=O) groups is 1. The second-order valence-corrected chi connectivity index (χ2v) is 1.45. The van der Waals surface area contributed by atoms with Crippen LogP contribution in [-0.2, 0) is 9.53 Å². The van der Waals surface area contributed by atoms with Crippen LogP contribution in [0.3, 0.4) is 0 Å². The summed E-state index contributed by atoms with van der Waals surface area (Å²) in [6.07, 6.45) is -1.35. The SMILES string of the molecule is COC(=O)C(O)CN=[N+]=[N-]. The first-order valence-electron chi connectivity index (χ1n) is 2.49. The smallest absolute Gasteiger partial charge is 0.334 e. The van der Waals surface area contributed by atoms with E-state index in [0.29, 0.717) is 0 Å². The minimum Gasteiger partial charge on any atom is -0.467 e. The summed E-state index contributed by atoms with van der Waals surface area (Å²) >= 11 is 0. The maximum Gasteiger partial charge on any atom is 0.334 e. The Morgan fingerprint density at radius 3 is 3.00 bits per heavy atom. The van der Waals surface area contributed by atoms with E-state index in [2.05, 4.69) is 14.8 Å². The molecule has 10 heavy (non-hydrogen) atoms. The third-order valence-corrected chi connectivity index (χ3v) is 0.791. The molecule has 0 aromatic heterocycles. The van der Waals surface area contributed by atoms with Gasteiger partial charge in [0.15, 0.2) is 6.10 Å². The molecule has 0 aliphatic heterocycles. The summed E-state index contributed by atoms with van der Waals surface area (Å²) in [5, 5.41) is 11.7. The van der Waals surface area contributed by atoms with Gasteiger partial charge in [0.25, 0.3) is 0 Å². The summed E-state index contributed by atoms with van der Waals surface area (Å²) in [5.41, 5.74) is 7.76. The molecule has 1 atom stereocenters. The van der Waals surface area contributed by atoms with Crippen LogP contribution < -0.4 is 0 Å². The maximum atomic E-state index is 10.4.